The molecule has 8 heteroatoms. The first kappa shape index (κ1) is 15.8. The zero-order chi connectivity index (χ0) is 18.3. The van der Waals surface area contributed by atoms with Crippen LogP contribution in [0.2, 0.25) is 0 Å². The number of rotatable bonds is 3. The molecular formula is C18H13N3O5. The van der Waals surface area contributed by atoms with Crippen LogP contribution in [0.3, 0.4) is 0 Å². The lowest BCUT2D eigenvalue weighted by Gasteiger charge is -2.11. The zero-order valence-electron chi connectivity index (χ0n) is 13.7. The number of fused-ring (bicyclic) bond motifs is 1. The molecule has 0 spiro atoms. The summed E-state index contributed by atoms with van der Waals surface area (Å²) in [4.78, 5) is 23.6. The third kappa shape index (κ3) is 2.57. The van der Waals surface area contributed by atoms with E-state index in [-0.39, 0.29) is 29.5 Å². The minimum Gasteiger partial charge on any atom is -0.454 e. The topological polar surface area (TPSA) is 94.3 Å². The molecule has 0 bridgehead atoms. The van der Waals surface area contributed by atoms with Crippen molar-refractivity contribution in [1.82, 2.24) is 0 Å². The number of nitro benzene ring substituents is 1. The Hall–Kier alpha value is -3.68. The summed E-state index contributed by atoms with van der Waals surface area (Å²) in [6.45, 7) is 1.69. The highest BCUT2D eigenvalue weighted by Gasteiger charge is 2.30. The molecule has 130 valence electrons. The number of amides is 1. The molecule has 26 heavy (non-hydrogen) atoms. The second-order valence-corrected chi connectivity index (χ2v) is 5.72. The van der Waals surface area contributed by atoms with Crippen LogP contribution in [0.1, 0.15) is 12.5 Å². The van der Waals surface area contributed by atoms with Gasteiger partial charge in [0.2, 0.25) is 6.79 Å². The maximum absolute atomic E-state index is 12.8. The smallest absolute Gasteiger partial charge is 0.280 e. The zero-order valence-corrected chi connectivity index (χ0v) is 13.7. The number of ether oxygens (including phenoxy) is 2. The minimum absolute atomic E-state index is 0.00765. The first-order valence-electron chi connectivity index (χ1n) is 7.79. The van der Waals surface area contributed by atoms with E-state index in [1.165, 1.54) is 23.2 Å². The van der Waals surface area contributed by atoms with Crippen LogP contribution in [0.5, 0.6) is 11.5 Å². The van der Waals surface area contributed by atoms with E-state index in [4.69, 9.17) is 9.47 Å². The van der Waals surface area contributed by atoms with Gasteiger partial charge in [-0.05, 0) is 31.2 Å². The van der Waals surface area contributed by atoms with Gasteiger partial charge >= 0.3 is 0 Å². The number of carbonyl (C=O) groups excluding carboxylic acids is 1. The van der Waals surface area contributed by atoms with E-state index < -0.39 is 4.92 Å². The summed E-state index contributed by atoms with van der Waals surface area (Å²) < 4.78 is 10.5. The number of carbonyl (C=O) groups is 1. The van der Waals surface area contributed by atoms with Crippen molar-refractivity contribution in [2.45, 2.75) is 6.92 Å². The van der Waals surface area contributed by atoms with E-state index in [2.05, 4.69) is 5.10 Å². The molecule has 0 unspecified atom stereocenters. The SMILES string of the molecule is CC1=NN(c2ccccc2)C(=O)/C1=C\c1cc2c(cc1[N+](=O)[O-])OCO2. The number of anilines is 1. The molecule has 0 aromatic heterocycles. The molecule has 8 nitrogen and oxygen atoms in total. The second kappa shape index (κ2) is 5.99. The Kier molecular flexibility index (Phi) is 3.65. The second-order valence-electron chi connectivity index (χ2n) is 5.72. The van der Waals surface area contributed by atoms with Gasteiger partial charge in [0.25, 0.3) is 11.6 Å². The van der Waals surface area contributed by atoms with E-state index in [0.29, 0.717) is 22.9 Å². The Balaban J connectivity index is 1.77. The summed E-state index contributed by atoms with van der Waals surface area (Å²) >= 11 is 0. The first-order valence-corrected chi connectivity index (χ1v) is 7.79. The largest absolute Gasteiger partial charge is 0.454 e. The van der Waals surface area contributed by atoms with Crippen molar-refractivity contribution in [3.8, 4) is 11.5 Å². The average Bonchev–Trinajstić information content (AvgIpc) is 3.20. The summed E-state index contributed by atoms with van der Waals surface area (Å²) in [5.41, 5.74) is 1.48. The maximum Gasteiger partial charge on any atom is 0.280 e. The van der Waals surface area contributed by atoms with E-state index in [1.54, 1.807) is 31.2 Å². The fourth-order valence-electron chi connectivity index (χ4n) is 2.80. The van der Waals surface area contributed by atoms with Crippen molar-refractivity contribution >= 4 is 29.1 Å². The summed E-state index contributed by atoms with van der Waals surface area (Å²) in [7, 11) is 0. The van der Waals surface area contributed by atoms with Crippen LogP contribution in [0, 0.1) is 10.1 Å². The quantitative estimate of drug-likeness (QED) is 0.481. The normalized spacial score (nSPS) is 17.0. The van der Waals surface area contributed by atoms with Crippen molar-refractivity contribution in [2.75, 3.05) is 11.8 Å². The van der Waals surface area contributed by atoms with Crippen molar-refractivity contribution in [3.63, 3.8) is 0 Å². The molecule has 0 N–H and O–H groups in total. The minimum atomic E-state index is -0.519. The first-order chi connectivity index (χ1) is 12.5. The Morgan fingerprint density at radius 2 is 1.88 bits per heavy atom. The number of nitrogens with zero attached hydrogens (tertiary/aromatic N) is 3. The number of benzene rings is 2. The van der Waals surface area contributed by atoms with Crippen LogP contribution in [0.4, 0.5) is 11.4 Å². The number of para-hydroxylation sites is 1. The molecule has 2 aromatic rings. The Morgan fingerprint density at radius 1 is 1.19 bits per heavy atom. The van der Waals surface area contributed by atoms with Gasteiger partial charge < -0.3 is 9.47 Å². The molecule has 0 fully saturated rings. The molecule has 0 atom stereocenters. The van der Waals surface area contributed by atoms with Crippen LogP contribution in [-0.2, 0) is 4.79 Å². The van der Waals surface area contributed by atoms with Gasteiger partial charge in [0.15, 0.2) is 11.5 Å². The van der Waals surface area contributed by atoms with Crippen molar-refractivity contribution in [3.05, 3.63) is 63.7 Å². The lowest BCUT2D eigenvalue weighted by atomic mass is 10.0. The van der Waals surface area contributed by atoms with Crippen LogP contribution in [-0.4, -0.2) is 23.3 Å². The fraction of sp³-hybridized carbons (Fsp3) is 0.111. The maximum atomic E-state index is 12.8. The molecule has 2 aliphatic rings. The van der Waals surface area contributed by atoms with Gasteiger partial charge in [0.05, 0.1) is 33.5 Å². The van der Waals surface area contributed by atoms with Crippen LogP contribution in [0.15, 0.2) is 53.1 Å². The van der Waals surface area contributed by atoms with Crippen LogP contribution in [0.25, 0.3) is 6.08 Å². The van der Waals surface area contributed by atoms with Gasteiger partial charge in [-0.2, -0.15) is 10.1 Å². The molecule has 4 rings (SSSR count). The Morgan fingerprint density at radius 3 is 2.58 bits per heavy atom. The Labute approximate surface area is 148 Å². The van der Waals surface area contributed by atoms with E-state index in [9.17, 15) is 14.9 Å². The monoisotopic (exact) mass is 351 g/mol. The van der Waals surface area contributed by atoms with Crippen molar-refractivity contribution in [2.24, 2.45) is 5.10 Å². The Bertz CT molecular complexity index is 982. The third-order valence-electron chi connectivity index (χ3n) is 4.08. The van der Waals surface area contributed by atoms with E-state index in [1.807, 2.05) is 6.07 Å². The van der Waals surface area contributed by atoms with Crippen molar-refractivity contribution < 1.29 is 19.2 Å². The van der Waals surface area contributed by atoms with Gasteiger partial charge in [-0.3, -0.25) is 14.9 Å². The van der Waals surface area contributed by atoms with Gasteiger partial charge in [-0.1, -0.05) is 18.2 Å². The molecule has 2 aromatic carbocycles. The highest BCUT2D eigenvalue weighted by molar-refractivity contribution is 6.32. The lowest BCUT2D eigenvalue weighted by Crippen LogP contribution is -2.21. The average molecular weight is 351 g/mol. The molecular weight excluding hydrogens is 338 g/mol. The van der Waals surface area contributed by atoms with Crippen molar-refractivity contribution in [1.29, 1.82) is 0 Å². The fourth-order valence-corrected chi connectivity index (χ4v) is 2.80. The molecule has 1 amide bonds. The highest BCUT2D eigenvalue weighted by Crippen LogP contribution is 2.39. The molecule has 0 radical (unpaired) electrons. The lowest BCUT2D eigenvalue weighted by molar-refractivity contribution is -0.385. The van der Waals surface area contributed by atoms with Gasteiger partial charge in [0.1, 0.15) is 0 Å². The number of hydrogen-bond acceptors (Lipinski definition) is 6. The van der Waals surface area contributed by atoms with Gasteiger partial charge in [-0.25, -0.2) is 0 Å². The van der Waals surface area contributed by atoms with Gasteiger partial charge in [-0.15, -0.1) is 0 Å². The van der Waals surface area contributed by atoms with Gasteiger partial charge in [0, 0.05) is 0 Å². The standard InChI is InChI=1S/C18H13N3O5/c1-11-14(18(22)20(19-11)13-5-3-2-4-6-13)7-12-8-16-17(26-10-25-16)9-15(12)21(23)24/h2-9H,10H2,1H3/b14-7-. The predicted octanol–water partition coefficient (Wildman–Crippen LogP) is 3.13. The third-order valence-corrected chi connectivity index (χ3v) is 4.08. The molecule has 2 aliphatic heterocycles. The summed E-state index contributed by atoms with van der Waals surface area (Å²) in [6.07, 6.45) is 1.46. The molecule has 0 saturated carbocycles. The van der Waals surface area contributed by atoms with E-state index >= 15 is 0 Å². The summed E-state index contributed by atoms with van der Waals surface area (Å²) in [5, 5.41) is 16.9. The predicted molar refractivity (Wildman–Crippen MR) is 94.2 cm³/mol. The molecule has 2 heterocycles. The van der Waals surface area contributed by atoms with Crippen LogP contribution < -0.4 is 14.5 Å². The number of nitro groups is 1. The highest BCUT2D eigenvalue weighted by atomic mass is 16.7. The number of hydrogen-bond donors (Lipinski definition) is 0. The summed E-state index contributed by atoms with van der Waals surface area (Å²) in [5.74, 6) is 0.371. The summed E-state index contributed by atoms with van der Waals surface area (Å²) in [6, 6.07) is 11.8. The van der Waals surface area contributed by atoms with Crippen LogP contribution >= 0.6 is 0 Å². The molecule has 0 saturated heterocycles. The van der Waals surface area contributed by atoms with E-state index in [0.717, 1.165) is 0 Å². The number of hydrazone groups is 1. The molecule has 0 aliphatic carbocycles.